The van der Waals surface area contributed by atoms with Gasteiger partial charge >= 0.3 is 0 Å². The summed E-state index contributed by atoms with van der Waals surface area (Å²) in [4.78, 5) is 13.0. The largest absolute Gasteiger partial charge is 0.368 e. The molecular weight excluding hydrogens is 218 g/mol. The van der Waals surface area contributed by atoms with Gasteiger partial charge in [-0.15, -0.1) is 10.2 Å². The van der Waals surface area contributed by atoms with Crippen LogP contribution in [0.2, 0.25) is 0 Å². The third-order valence-electron chi connectivity index (χ3n) is 2.32. The molecule has 0 saturated carbocycles. The highest BCUT2D eigenvalue weighted by Gasteiger charge is 2.10. The zero-order valence-corrected chi connectivity index (χ0v) is 10.5. The highest BCUT2D eigenvalue weighted by atomic mass is 16.2. The number of carbonyl (C=O) groups excluding carboxylic acids is 1. The lowest BCUT2D eigenvalue weighted by Crippen LogP contribution is -2.23. The lowest BCUT2D eigenvalue weighted by molar-refractivity contribution is 0.0821. The maximum atomic E-state index is 11.6. The highest BCUT2D eigenvalue weighted by molar-refractivity contribution is 5.91. The predicted molar refractivity (Wildman–Crippen MR) is 66.8 cm³/mol. The Morgan fingerprint density at radius 3 is 2.65 bits per heavy atom. The molecule has 1 rings (SSSR count). The Balaban J connectivity index is 2.59. The molecule has 1 unspecified atom stereocenters. The normalized spacial score (nSPS) is 12.0. The average molecular weight is 237 g/mol. The van der Waals surface area contributed by atoms with Gasteiger partial charge in [-0.25, -0.2) is 0 Å². The number of amides is 1. The summed E-state index contributed by atoms with van der Waals surface area (Å²) in [5, 5.41) is 10.9. The average Bonchev–Trinajstić information content (AvgIpc) is 2.35. The second-order valence-electron chi connectivity index (χ2n) is 4.23. The second kappa shape index (κ2) is 6.15. The van der Waals surface area contributed by atoms with E-state index in [-0.39, 0.29) is 5.91 Å². The minimum Gasteiger partial charge on any atom is -0.368 e. The van der Waals surface area contributed by atoms with E-state index in [2.05, 4.69) is 15.5 Å². The Morgan fingerprint density at radius 1 is 1.47 bits per heavy atom. The molecule has 0 aliphatic rings. The van der Waals surface area contributed by atoms with Gasteiger partial charge in [-0.2, -0.15) is 0 Å². The number of carbonyl (C=O) groups is 1. The maximum absolute atomic E-state index is 11.6. The topological polar surface area (TPSA) is 84.1 Å². The number of nitrogens with zero attached hydrogens (tertiary/aromatic N) is 3. The number of rotatable bonds is 5. The molecule has 0 aromatic carbocycles. The second-order valence-corrected chi connectivity index (χ2v) is 4.23. The fraction of sp³-hybridized carbons (Fsp3) is 0.545. The van der Waals surface area contributed by atoms with Crippen LogP contribution in [0, 0.1) is 5.92 Å². The number of hydrogen-bond donors (Lipinski definition) is 2. The van der Waals surface area contributed by atoms with E-state index in [9.17, 15) is 4.79 Å². The Bertz CT molecular complexity index is 363. The van der Waals surface area contributed by atoms with Crippen molar-refractivity contribution in [1.82, 2.24) is 15.1 Å². The minimum absolute atomic E-state index is 0.153. The Labute approximate surface area is 101 Å². The van der Waals surface area contributed by atoms with E-state index in [1.165, 1.54) is 4.90 Å². The van der Waals surface area contributed by atoms with Crippen molar-refractivity contribution in [2.45, 2.75) is 6.92 Å². The molecule has 6 nitrogen and oxygen atoms in total. The van der Waals surface area contributed by atoms with Gasteiger partial charge in [-0.05, 0) is 24.6 Å². The molecule has 1 atom stereocenters. The molecule has 0 radical (unpaired) electrons. The van der Waals surface area contributed by atoms with Gasteiger partial charge in [-0.3, -0.25) is 4.79 Å². The molecule has 1 aromatic rings. The van der Waals surface area contributed by atoms with Crippen molar-refractivity contribution < 1.29 is 4.79 Å². The number of nitrogens with two attached hydrogens (primary N) is 1. The first-order valence-electron chi connectivity index (χ1n) is 5.54. The van der Waals surface area contributed by atoms with Crippen LogP contribution in [0.25, 0.3) is 0 Å². The van der Waals surface area contributed by atoms with Gasteiger partial charge in [0.25, 0.3) is 5.91 Å². The van der Waals surface area contributed by atoms with Crippen molar-refractivity contribution in [1.29, 1.82) is 0 Å². The molecule has 0 aliphatic heterocycles. The third kappa shape index (κ3) is 3.99. The van der Waals surface area contributed by atoms with Gasteiger partial charge < -0.3 is 16.0 Å². The van der Waals surface area contributed by atoms with E-state index in [1.54, 1.807) is 26.2 Å². The zero-order valence-electron chi connectivity index (χ0n) is 10.5. The summed E-state index contributed by atoms with van der Waals surface area (Å²) in [6.45, 7) is 3.41. The summed E-state index contributed by atoms with van der Waals surface area (Å²) in [7, 11) is 3.36. The van der Waals surface area contributed by atoms with Crippen molar-refractivity contribution in [3.8, 4) is 0 Å². The first-order chi connectivity index (χ1) is 8.04. The van der Waals surface area contributed by atoms with Crippen LogP contribution in [0.4, 0.5) is 5.82 Å². The van der Waals surface area contributed by atoms with Crippen LogP contribution >= 0.6 is 0 Å². The molecule has 1 aromatic heterocycles. The molecule has 1 heterocycles. The van der Waals surface area contributed by atoms with Crippen molar-refractivity contribution in [3.63, 3.8) is 0 Å². The van der Waals surface area contributed by atoms with Gasteiger partial charge in [0.1, 0.15) is 5.82 Å². The van der Waals surface area contributed by atoms with Crippen molar-refractivity contribution >= 4 is 11.7 Å². The SMILES string of the molecule is CC(CN)CNc1ccc(C(=O)N(C)C)nn1. The van der Waals surface area contributed by atoms with Crippen molar-refractivity contribution in [3.05, 3.63) is 17.8 Å². The number of aromatic nitrogens is 2. The van der Waals surface area contributed by atoms with Gasteiger partial charge in [0.15, 0.2) is 5.69 Å². The number of anilines is 1. The van der Waals surface area contributed by atoms with E-state index < -0.39 is 0 Å². The van der Waals surface area contributed by atoms with Crippen LogP contribution < -0.4 is 11.1 Å². The molecule has 0 saturated heterocycles. The molecule has 6 heteroatoms. The van der Waals surface area contributed by atoms with Gasteiger partial charge in [0.2, 0.25) is 0 Å². The van der Waals surface area contributed by atoms with Crippen LogP contribution in [0.1, 0.15) is 17.4 Å². The van der Waals surface area contributed by atoms with E-state index in [1.807, 2.05) is 6.92 Å². The quantitative estimate of drug-likeness (QED) is 0.763. The molecule has 94 valence electrons. The lowest BCUT2D eigenvalue weighted by Gasteiger charge is -2.11. The van der Waals surface area contributed by atoms with Crippen LogP contribution in [0.5, 0.6) is 0 Å². The summed E-state index contributed by atoms with van der Waals surface area (Å²) in [5.41, 5.74) is 5.85. The van der Waals surface area contributed by atoms with E-state index in [0.29, 0.717) is 24.0 Å². The zero-order chi connectivity index (χ0) is 12.8. The number of nitrogens with one attached hydrogen (secondary N) is 1. The first-order valence-corrected chi connectivity index (χ1v) is 5.54. The van der Waals surface area contributed by atoms with Crippen LogP contribution in [-0.4, -0.2) is 48.2 Å². The lowest BCUT2D eigenvalue weighted by atomic mass is 10.2. The van der Waals surface area contributed by atoms with Crippen LogP contribution in [0.15, 0.2) is 12.1 Å². The Kier molecular flexibility index (Phi) is 4.84. The standard InChI is InChI=1S/C11H19N5O/c1-8(6-12)7-13-10-5-4-9(14-15-10)11(17)16(2)3/h4-5,8H,6-7,12H2,1-3H3,(H,13,15). The molecule has 0 aliphatic carbocycles. The predicted octanol–water partition coefficient (Wildman–Crippen LogP) is 0.185. The molecule has 0 bridgehead atoms. The summed E-state index contributed by atoms with van der Waals surface area (Å²) >= 11 is 0. The van der Waals surface area contributed by atoms with Crippen molar-refractivity contribution in [2.75, 3.05) is 32.5 Å². The third-order valence-corrected chi connectivity index (χ3v) is 2.32. The smallest absolute Gasteiger partial charge is 0.273 e. The monoisotopic (exact) mass is 237 g/mol. The van der Waals surface area contributed by atoms with E-state index >= 15 is 0 Å². The van der Waals surface area contributed by atoms with Crippen LogP contribution in [-0.2, 0) is 0 Å². The molecule has 3 N–H and O–H groups in total. The summed E-state index contributed by atoms with van der Waals surface area (Å²) in [6, 6.07) is 3.40. The van der Waals surface area contributed by atoms with E-state index in [4.69, 9.17) is 5.73 Å². The molecule has 0 fully saturated rings. The first kappa shape index (κ1) is 13.4. The minimum atomic E-state index is -0.153. The van der Waals surface area contributed by atoms with Gasteiger partial charge in [0, 0.05) is 20.6 Å². The molecule has 17 heavy (non-hydrogen) atoms. The number of hydrogen-bond acceptors (Lipinski definition) is 5. The summed E-state index contributed by atoms with van der Waals surface area (Å²) in [6.07, 6.45) is 0. The van der Waals surface area contributed by atoms with Crippen LogP contribution in [0.3, 0.4) is 0 Å². The highest BCUT2D eigenvalue weighted by Crippen LogP contribution is 2.04. The van der Waals surface area contributed by atoms with Crippen molar-refractivity contribution in [2.24, 2.45) is 11.7 Å². The maximum Gasteiger partial charge on any atom is 0.273 e. The molecular formula is C11H19N5O. The van der Waals surface area contributed by atoms with E-state index in [0.717, 1.165) is 6.54 Å². The fourth-order valence-corrected chi connectivity index (χ4v) is 1.13. The van der Waals surface area contributed by atoms with Gasteiger partial charge in [0.05, 0.1) is 0 Å². The Morgan fingerprint density at radius 2 is 2.18 bits per heavy atom. The molecule has 1 amide bonds. The Hall–Kier alpha value is -1.69. The fourth-order valence-electron chi connectivity index (χ4n) is 1.13. The van der Waals surface area contributed by atoms with Gasteiger partial charge in [-0.1, -0.05) is 6.92 Å². The summed E-state index contributed by atoms with van der Waals surface area (Å²) in [5.74, 6) is 0.875. The summed E-state index contributed by atoms with van der Waals surface area (Å²) < 4.78 is 0. The molecule has 0 spiro atoms.